The Morgan fingerprint density at radius 3 is 1.40 bits per heavy atom. The molecule has 48 heavy (non-hydrogen) atoms. The van der Waals surface area contributed by atoms with Gasteiger partial charge in [0.05, 0.1) is 0 Å². The van der Waals surface area contributed by atoms with Crippen LogP contribution in [-0.4, -0.2) is 38.5 Å². The van der Waals surface area contributed by atoms with Crippen molar-refractivity contribution in [3.8, 4) is 11.5 Å². The number of carbonyl (C=O) groups excluding carboxylic acids is 2. The minimum absolute atomic E-state index is 0.245. The van der Waals surface area contributed by atoms with E-state index in [4.69, 9.17) is 18.9 Å². The lowest BCUT2D eigenvalue weighted by atomic mass is 10.1. The molecule has 2 aromatic heterocycles. The molecule has 0 fully saturated rings. The Kier molecular flexibility index (Phi) is 11.0. The quantitative estimate of drug-likeness (QED) is 0.0679. The summed E-state index contributed by atoms with van der Waals surface area (Å²) < 4.78 is 26.4. The first-order chi connectivity index (χ1) is 23.5. The molecule has 4 aromatic carbocycles. The first-order valence-corrected chi connectivity index (χ1v) is 17.4. The lowest BCUT2D eigenvalue weighted by Gasteiger charge is -2.26. The van der Waals surface area contributed by atoms with Crippen LogP contribution in [0.25, 0.3) is 20.2 Å². The number of carbonyl (C=O) groups is 2. The summed E-state index contributed by atoms with van der Waals surface area (Å²) in [6, 6.07) is 35.4. The van der Waals surface area contributed by atoms with Crippen molar-refractivity contribution in [2.45, 2.75) is 37.5 Å². The van der Waals surface area contributed by atoms with Crippen LogP contribution in [-0.2, 0) is 19.1 Å². The number of fused-ring (bicyclic) bond motifs is 2. The van der Waals surface area contributed by atoms with Gasteiger partial charge in [-0.25, -0.2) is 9.59 Å². The molecule has 0 bridgehead atoms. The first kappa shape index (κ1) is 33.2. The third-order valence-electron chi connectivity index (χ3n) is 7.91. The second-order valence-corrected chi connectivity index (χ2v) is 13.0. The van der Waals surface area contributed by atoms with E-state index in [-0.39, 0.29) is 12.8 Å². The summed E-state index contributed by atoms with van der Waals surface area (Å²) in [5.41, 5.74) is 1.81. The molecule has 6 aromatic rings. The minimum Gasteiger partial charge on any atom is -0.486 e. The fourth-order valence-corrected chi connectivity index (χ4v) is 6.94. The molecule has 8 nitrogen and oxygen atoms in total. The first-order valence-electron chi connectivity index (χ1n) is 15.6. The van der Waals surface area contributed by atoms with Gasteiger partial charge in [-0.1, -0.05) is 60.7 Å². The Morgan fingerprint density at radius 2 is 1.00 bits per heavy atom. The smallest absolute Gasteiger partial charge is 0.419 e. The summed E-state index contributed by atoms with van der Waals surface area (Å²) in [4.78, 5) is 26.1. The lowest BCUT2D eigenvalue weighted by Crippen LogP contribution is -2.40. The van der Waals surface area contributed by atoms with Gasteiger partial charge >= 0.3 is 11.9 Å². The second kappa shape index (κ2) is 15.9. The third-order valence-corrected chi connectivity index (χ3v) is 9.71. The number of nitrogens with one attached hydrogen (secondary N) is 2. The molecule has 2 N–H and O–H groups in total. The van der Waals surface area contributed by atoms with E-state index in [1.807, 2.05) is 120 Å². The SMILES string of the molecule is CNC(C[C@H](Oc1ccc2sccc2c1)c1ccccc1)OC(=O)C(=O)OC(C[C@H](Oc1ccc2sccc2c1)c1ccccc1)NC. The molecule has 0 radical (unpaired) electrons. The summed E-state index contributed by atoms with van der Waals surface area (Å²) in [6.07, 6.45) is -2.11. The Morgan fingerprint density at radius 1 is 0.583 bits per heavy atom. The molecule has 0 aliphatic heterocycles. The van der Waals surface area contributed by atoms with E-state index >= 15 is 0 Å². The predicted molar refractivity (Wildman–Crippen MR) is 190 cm³/mol. The van der Waals surface area contributed by atoms with E-state index in [1.54, 1.807) is 36.8 Å². The Labute approximate surface area is 287 Å². The standard InChI is InChI=1S/C38H36N2O6S2/c1-39-35(23-31(25-9-5-3-6-10-25)43-29-13-15-33-27(21-29)17-19-47-33)45-37(41)38(42)46-36(40-2)24-32(26-11-7-4-8-12-26)44-30-14-16-34-28(22-30)18-20-48-34/h3-22,31-32,35-36,39-40H,23-24H2,1-2H3/t31-,32-,35?,36?/m0/s1. The average molecular weight is 681 g/mol. The van der Waals surface area contributed by atoms with Gasteiger partial charge in [0.25, 0.3) is 0 Å². The van der Waals surface area contributed by atoms with Crippen LogP contribution in [0.5, 0.6) is 11.5 Å². The van der Waals surface area contributed by atoms with Gasteiger partial charge in [0.1, 0.15) is 23.7 Å². The monoisotopic (exact) mass is 680 g/mol. The summed E-state index contributed by atoms with van der Waals surface area (Å²) in [6.45, 7) is 0. The Hall–Kier alpha value is -4.74. The molecule has 0 aliphatic rings. The van der Waals surface area contributed by atoms with Gasteiger partial charge in [-0.2, -0.15) is 0 Å². The van der Waals surface area contributed by atoms with Crippen LogP contribution < -0.4 is 20.1 Å². The zero-order valence-corrected chi connectivity index (χ0v) is 28.2. The molecule has 0 amide bonds. The lowest BCUT2D eigenvalue weighted by molar-refractivity contribution is -0.177. The predicted octanol–water partition coefficient (Wildman–Crippen LogP) is 8.01. The molecule has 0 spiro atoms. The van der Waals surface area contributed by atoms with Crippen molar-refractivity contribution in [2.75, 3.05) is 14.1 Å². The minimum atomic E-state index is -1.11. The number of rotatable bonds is 14. The largest absolute Gasteiger partial charge is 0.486 e. The van der Waals surface area contributed by atoms with Crippen LogP contribution in [0.3, 0.4) is 0 Å². The highest BCUT2D eigenvalue weighted by atomic mass is 32.1. The fraction of sp³-hybridized carbons (Fsp3) is 0.211. The van der Waals surface area contributed by atoms with Crippen LogP contribution in [0.2, 0.25) is 0 Å². The molecule has 0 aliphatic carbocycles. The van der Waals surface area contributed by atoms with Crippen molar-refractivity contribution < 1.29 is 28.5 Å². The number of esters is 2. The molecular formula is C38H36N2O6S2. The number of thiophene rings is 2. The van der Waals surface area contributed by atoms with E-state index in [9.17, 15) is 9.59 Å². The maximum absolute atomic E-state index is 13.1. The molecule has 2 unspecified atom stereocenters. The normalized spacial score (nSPS) is 13.8. The van der Waals surface area contributed by atoms with Crippen molar-refractivity contribution in [3.05, 3.63) is 131 Å². The van der Waals surface area contributed by atoms with Crippen LogP contribution >= 0.6 is 22.7 Å². The van der Waals surface area contributed by atoms with Crippen molar-refractivity contribution >= 4 is 54.8 Å². The molecule has 0 saturated heterocycles. The van der Waals surface area contributed by atoms with Crippen molar-refractivity contribution in [1.82, 2.24) is 10.6 Å². The summed E-state index contributed by atoms with van der Waals surface area (Å²) in [5.74, 6) is -0.836. The zero-order chi connectivity index (χ0) is 33.3. The van der Waals surface area contributed by atoms with E-state index < -0.39 is 36.6 Å². The van der Waals surface area contributed by atoms with E-state index in [0.29, 0.717) is 11.5 Å². The summed E-state index contributed by atoms with van der Waals surface area (Å²) in [7, 11) is 3.32. The molecule has 2 heterocycles. The maximum Gasteiger partial charge on any atom is 0.419 e. The molecule has 4 atom stereocenters. The number of benzene rings is 4. The van der Waals surface area contributed by atoms with Gasteiger partial charge in [0, 0.05) is 22.2 Å². The highest BCUT2D eigenvalue weighted by Crippen LogP contribution is 2.32. The van der Waals surface area contributed by atoms with Crippen LogP contribution in [0.4, 0.5) is 0 Å². The molecule has 10 heteroatoms. The maximum atomic E-state index is 13.1. The molecule has 6 rings (SSSR count). The van der Waals surface area contributed by atoms with Gasteiger partial charge in [0.15, 0.2) is 12.5 Å². The zero-order valence-electron chi connectivity index (χ0n) is 26.5. The van der Waals surface area contributed by atoms with E-state index in [2.05, 4.69) is 10.6 Å². The number of hydrogen-bond acceptors (Lipinski definition) is 10. The van der Waals surface area contributed by atoms with Crippen LogP contribution in [0.1, 0.15) is 36.2 Å². The molecular weight excluding hydrogens is 645 g/mol. The highest BCUT2D eigenvalue weighted by Gasteiger charge is 2.29. The number of hydrogen-bond donors (Lipinski definition) is 2. The van der Waals surface area contributed by atoms with Crippen LogP contribution in [0.15, 0.2) is 120 Å². The highest BCUT2D eigenvalue weighted by molar-refractivity contribution is 7.17. The van der Waals surface area contributed by atoms with Crippen LogP contribution in [0, 0.1) is 0 Å². The van der Waals surface area contributed by atoms with Gasteiger partial charge < -0.3 is 18.9 Å². The Bertz CT molecular complexity index is 1800. The average Bonchev–Trinajstić information content (AvgIpc) is 3.80. The number of ether oxygens (including phenoxy) is 4. The molecule has 0 saturated carbocycles. The van der Waals surface area contributed by atoms with E-state index in [1.165, 1.54) is 9.40 Å². The summed E-state index contributed by atoms with van der Waals surface area (Å²) >= 11 is 3.33. The van der Waals surface area contributed by atoms with E-state index in [0.717, 1.165) is 21.9 Å². The van der Waals surface area contributed by atoms with Crippen molar-refractivity contribution in [1.29, 1.82) is 0 Å². The van der Waals surface area contributed by atoms with Crippen molar-refractivity contribution in [2.24, 2.45) is 0 Å². The third kappa shape index (κ3) is 8.39. The van der Waals surface area contributed by atoms with Gasteiger partial charge in [-0.05, 0) is 95.3 Å². The topological polar surface area (TPSA) is 95.1 Å². The van der Waals surface area contributed by atoms with Gasteiger partial charge in [0.2, 0.25) is 0 Å². The molecule has 246 valence electrons. The van der Waals surface area contributed by atoms with Gasteiger partial charge in [-0.15, -0.1) is 22.7 Å². The van der Waals surface area contributed by atoms with Crippen molar-refractivity contribution in [3.63, 3.8) is 0 Å². The fourth-order valence-electron chi connectivity index (χ4n) is 5.40. The second-order valence-electron chi connectivity index (χ2n) is 11.1. The Balaban J connectivity index is 1.11. The summed E-state index contributed by atoms with van der Waals surface area (Å²) in [5, 5.41) is 12.2. The van der Waals surface area contributed by atoms with Gasteiger partial charge in [-0.3, -0.25) is 10.6 Å².